The monoisotopic (exact) mass is 222 g/mol. The lowest BCUT2D eigenvalue weighted by Gasteiger charge is -2.18. The summed E-state index contributed by atoms with van der Waals surface area (Å²) in [7, 11) is 3.96. The van der Waals surface area contributed by atoms with Gasteiger partial charge in [-0.25, -0.2) is 9.97 Å². The Bertz CT molecular complexity index is 325. The number of hydrogen-bond acceptors (Lipinski definition) is 4. The topological polar surface area (TPSA) is 41.1 Å². The van der Waals surface area contributed by atoms with Gasteiger partial charge in [0.1, 0.15) is 17.5 Å². The maximum absolute atomic E-state index is 4.56. The lowest BCUT2D eigenvalue weighted by Crippen LogP contribution is -2.20. The van der Waals surface area contributed by atoms with Gasteiger partial charge in [-0.3, -0.25) is 0 Å². The average molecular weight is 222 g/mol. The number of anilines is 2. The quantitative estimate of drug-likeness (QED) is 0.802. The molecule has 0 saturated heterocycles. The standard InChI is InChI=1S/C12H22N4/c1-5-7-10-14-11(13-3)9-12(15-10)16(4)8-6-2/h9H,5-8H2,1-4H3,(H,13,14,15). The van der Waals surface area contributed by atoms with Crippen LogP contribution in [0.25, 0.3) is 0 Å². The second-order valence-electron chi connectivity index (χ2n) is 3.95. The van der Waals surface area contributed by atoms with Crippen molar-refractivity contribution in [1.29, 1.82) is 0 Å². The van der Waals surface area contributed by atoms with Crippen LogP contribution in [0, 0.1) is 0 Å². The third kappa shape index (κ3) is 3.36. The Kier molecular flexibility index (Phi) is 5.02. The summed E-state index contributed by atoms with van der Waals surface area (Å²) in [6, 6.07) is 1.99. The predicted octanol–water partition coefficient (Wildman–Crippen LogP) is 2.32. The molecule has 0 atom stereocenters. The van der Waals surface area contributed by atoms with E-state index in [2.05, 4.69) is 41.1 Å². The van der Waals surface area contributed by atoms with Crippen molar-refractivity contribution >= 4 is 11.6 Å². The first-order valence-corrected chi connectivity index (χ1v) is 5.98. The molecule has 0 amide bonds. The van der Waals surface area contributed by atoms with Crippen molar-refractivity contribution in [3.63, 3.8) is 0 Å². The van der Waals surface area contributed by atoms with E-state index in [1.807, 2.05) is 13.1 Å². The second-order valence-corrected chi connectivity index (χ2v) is 3.95. The predicted molar refractivity (Wildman–Crippen MR) is 69.1 cm³/mol. The van der Waals surface area contributed by atoms with Crippen LogP contribution in [-0.4, -0.2) is 30.6 Å². The molecule has 1 N–H and O–H groups in total. The van der Waals surface area contributed by atoms with Crippen LogP contribution >= 0.6 is 0 Å². The van der Waals surface area contributed by atoms with E-state index in [0.717, 1.165) is 43.3 Å². The zero-order valence-electron chi connectivity index (χ0n) is 10.7. The molecule has 1 rings (SSSR count). The third-order valence-electron chi connectivity index (χ3n) is 2.44. The summed E-state index contributed by atoms with van der Waals surface area (Å²) in [6.45, 7) is 5.33. The van der Waals surface area contributed by atoms with E-state index in [1.165, 1.54) is 0 Å². The van der Waals surface area contributed by atoms with E-state index in [9.17, 15) is 0 Å². The molecule has 4 heteroatoms. The van der Waals surface area contributed by atoms with E-state index < -0.39 is 0 Å². The molecule has 0 aliphatic carbocycles. The van der Waals surface area contributed by atoms with Gasteiger partial charge in [0.15, 0.2) is 0 Å². The number of nitrogens with one attached hydrogen (secondary N) is 1. The fourth-order valence-electron chi connectivity index (χ4n) is 1.59. The Morgan fingerprint density at radius 3 is 2.56 bits per heavy atom. The van der Waals surface area contributed by atoms with Gasteiger partial charge in [0.2, 0.25) is 0 Å². The second kappa shape index (κ2) is 6.30. The maximum atomic E-state index is 4.56. The maximum Gasteiger partial charge on any atom is 0.134 e. The summed E-state index contributed by atoms with van der Waals surface area (Å²) in [4.78, 5) is 11.2. The molecule has 0 unspecified atom stereocenters. The molecule has 0 saturated carbocycles. The van der Waals surface area contributed by atoms with Crippen LogP contribution in [0.2, 0.25) is 0 Å². The lowest BCUT2D eigenvalue weighted by molar-refractivity contribution is 0.799. The molecule has 1 aromatic heterocycles. The Hall–Kier alpha value is -1.32. The number of nitrogens with zero attached hydrogens (tertiary/aromatic N) is 3. The minimum atomic E-state index is 0.899. The van der Waals surface area contributed by atoms with Crippen molar-refractivity contribution in [3.05, 3.63) is 11.9 Å². The van der Waals surface area contributed by atoms with Crippen molar-refractivity contribution in [3.8, 4) is 0 Å². The van der Waals surface area contributed by atoms with Gasteiger partial charge < -0.3 is 10.2 Å². The van der Waals surface area contributed by atoms with Crippen LogP contribution < -0.4 is 10.2 Å². The molecule has 16 heavy (non-hydrogen) atoms. The third-order valence-corrected chi connectivity index (χ3v) is 2.44. The van der Waals surface area contributed by atoms with Crippen LogP contribution in [0.15, 0.2) is 6.07 Å². The van der Waals surface area contributed by atoms with Crippen LogP contribution in [0.5, 0.6) is 0 Å². The molecular formula is C12H22N4. The Morgan fingerprint density at radius 1 is 1.25 bits per heavy atom. The summed E-state index contributed by atoms with van der Waals surface area (Å²) in [5, 5.41) is 3.09. The summed E-state index contributed by atoms with van der Waals surface area (Å²) in [5.74, 6) is 2.83. The molecular weight excluding hydrogens is 200 g/mol. The summed E-state index contributed by atoms with van der Waals surface area (Å²) < 4.78 is 0. The number of aryl methyl sites for hydroxylation is 1. The van der Waals surface area contributed by atoms with Crippen LogP contribution in [0.3, 0.4) is 0 Å². The van der Waals surface area contributed by atoms with Crippen molar-refractivity contribution in [1.82, 2.24) is 9.97 Å². The van der Waals surface area contributed by atoms with Gasteiger partial charge >= 0.3 is 0 Å². The molecule has 1 aromatic rings. The van der Waals surface area contributed by atoms with Gasteiger partial charge in [-0.15, -0.1) is 0 Å². The van der Waals surface area contributed by atoms with E-state index in [0.29, 0.717) is 0 Å². The normalized spacial score (nSPS) is 10.2. The summed E-state index contributed by atoms with van der Waals surface area (Å²) in [6.07, 6.45) is 3.13. The molecule has 0 bridgehead atoms. The molecule has 0 aliphatic rings. The molecule has 4 nitrogen and oxygen atoms in total. The highest BCUT2D eigenvalue weighted by molar-refractivity contribution is 5.48. The van der Waals surface area contributed by atoms with Gasteiger partial charge in [0.25, 0.3) is 0 Å². The summed E-state index contributed by atoms with van der Waals surface area (Å²) in [5.41, 5.74) is 0. The van der Waals surface area contributed by atoms with E-state index in [-0.39, 0.29) is 0 Å². The van der Waals surface area contributed by atoms with Crippen LogP contribution in [0.4, 0.5) is 11.6 Å². The first-order chi connectivity index (χ1) is 7.71. The molecule has 90 valence electrons. The highest BCUT2D eigenvalue weighted by Gasteiger charge is 2.06. The van der Waals surface area contributed by atoms with E-state index >= 15 is 0 Å². The number of hydrogen-bond donors (Lipinski definition) is 1. The molecule has 0 fully saturated rings. The molecule has 0 aliphatic heterocycles. The molecule has 1 heterocycles. The van der Waals surface area contributed by atoms with Crippen LogP contribution in [0.1, 0.15) is 32.5 Å². The fraction of sp³-hybridized carbons (Fsp3) is 0.667. The van der Waals surface area contributed by atoms with Gasteiger partial charge in [0, 0.05) is 33.1 Å². The van der Waals surface area contributed by atoms with Gasteiger partial charge in [0.05, 0.1) is 0 Å². The zero-order chi connectivity index (χ0) is 12.0. The van der Waals surface area contributed by atoms with Gasteiger partial charge in [-0.05, 0) is 12.8 Å². The fourth-order valence-corrected chi connectivity index (χ4v) is 1.59. The smallest absolute Gasteiger partial charge is 0.134 e. The Balaban J connectivity index is 2.93. The molecule has 0 spiro atoms. The zero-order valence-corrected chi connectivity index (χ0v) is 10.7. The van der Waals surface area contributed by atoms with E-state index in [4.69, 9.17) is 0 Å². The van der Waals surface area contributed by atoms with Gasteiger partial charge in [-0.1, -0.05) is 13.8 Å². The first kappa shape index (κ1) is 12.7. The van der Waals surface area contributed by atoms with Crippen molar-refractivity contribution in [2.24, 2.45) is 0 Å². The van der Waals surface area contributed by atoms with Crippen molar-refractivity contribution in [2.45, 2.75) is 33.1 Å². The molecule has 0 radical (unpaired) electrons. The van der Waals surface area contributed by atoms with Crippen LogP contribution in [-0.2, 0) is 6.42 Å². The Morgan fingerprint density at radius 2 is 2.00 bits per heavy atom. The Labute approximate surface area is 98.1 Å². The van der Waals surface area contributed by atoms with Gasteiger partial charge in [-0.2, -0.15) is 0 Å². The summed E-state index contributed by atoms with van der Waals surface area (Å²) >= 11 is 0. The number of rotatable bonds is 6. The highest BCUT2D eigenvalue weighted by Crippen LogP contribution is 2.15. The lowest BCUT2D eigenvalue weighted by atomic mass is 10.3. The largest absolute Gasteiger partial charge is 0.373 e. The highest BCUT2D eigenvalue weighted by atomic mass is 15.2. The average Bonchev–Trinajstić information content (AvgIpc) is 2.29. The minimum absolute atomic E-state index is 0.899. The first-order valence-electron chi connectivity index (χ1n) is 5.98. The molecule has 0 aromatic carbocycles. The van der Waals surface area contributed by atoms with Crippen molar-refractivity contribution in [2.75, 3.05) is 30.9 Å². The van der Waals surface area contributed by atoms with Crippen molar-refractivity contribution < 1.29 is 0 Å². The minimum Gasteiger partial charge on any atom is -0.373 e. The number of aromatic nitrogens is 2. The SMILES string of the molecule is CCCc1nc(NC)cc(N(C)CCC)n1. The van der Waals surface area contributed by atoms with E-state index in [1.54, 1.807) is 0 Å².